The lowest BCUT2D eigenvalue weighted by Crippen LogP contribution is -2.45. The Morgan fingerprint density at radius 2 is 2.11 bits per heavy atom. The van der Waals surface area contributed by atoms with E-state index in [0.717, 1.165) is 6.07 Å². The second kappa shape index (κ2) is 9.04. The van der Waals surface area contributed by atoms with Crippen molar-refractivity contribution in [3.8, 4) is 17.3 Å². The third kappa shape index (κ3) is 4.55. The summed E-state index contributed by atoms with van der Waals surface area (Å²) in [5, 5.41) is 16.5. The van der Waals surface area contributed by atoms with E-state index in [9.17, 15) is 18.0 Å². The molecule has 0 radical (unpaired) electrons. The Kier molecular flexibility index (Phi) is 5.99. The van der Waals surface area contributed by atoms with Crippen LogP contribution in [0.1, 0.15) is 41.9 Å². The number of ether oxygens (including phenoxy) is 1. The molecule has 1 fully saturated rings. The monoisotopic (exact) mass is 512 g/mol. The summed E-state index contributed by atoms with van der Waals surface area (Å²) in [4.78, 5) is 22.6. The minimum Gasteiger partial charge on any atom is -0.383 e. The summed E-state index contributed by atoms with van der Waals surface area (Å²) in [7, 11) is 0. The van der Waals surface area contributed by atoms with Crippen LogP contribution in [-0.4, -0.2) is 50.4 Å². The fourth-order valence-electron chi connectivity index (χ4n) is 4.73. The first-order valence-electron chi connectivity index (χ1n) is 11.6. The standard InChI is InChI=1S/C24H23F3N8O2/c1-14(18-8-15(11-28)2-4-30-18)32-22(36)34-5-3-23(13-34)20-10-19(33-35(20)6-7-37-23)16-9-17(24(25,26)27)21(29)31-12-16/h2,4,8-10,12,14H,3,5-7,13H2,1H3,(H2,29,31)(H,32,36)/t14-,23?/m1/s1. The van der Waals surface area contributed by atoms with Crippen molar-refractivity contribution >= 4 is 11.8 Å². The average molecular weight is 512 g/mol. The maximum Gasteiger partial charge on any atom is 0.419 e. The van der Waals surface area contributed by atoms with Crippen LogP contribution in [0, 0.1) is 11.3 Å². The van der Waals surface area contributed by atoms with E-state index in [2.05, 4.69) is 26.5 Å². The zero-order valence-electron chi connectivity index (χ0n) is 19.8. The van der Waals surface area contributed by atoms with Crippen molar-refractivity contribution in [3.05, 3.63) is 59.2 Å². The molecular weight excluding hydrogens is 489 g/mol. The zero-order valence-corrected chi connectivity index (χ0v) is 19.8. The Hall–Kier alpha value is -4.18. The minimum atomic E-state index is -4.64. The lowest BCUT2D eigenvalue weighted by atomic mass is 9.96. The van der Waals surface area contributed by atoms with Gasteiger partial charge >= 0.3 is 12.2 Å². The number of fused-ring (bicyclic) bond motifs is 2. The van der Waals surface area contributed by atoms with Gasteiger partial charge in [-0.25, -0.2) is 9.78 Å². The Labute approximate surface area is 209 Å². The molecule has 37 heavy (non-hydrogen) atoms. The number of nitrogens with two attached hydrogens (primary N) is 1. The first-order chi connectivity index (χ1) is 17.6. The number of nitrogen functional groups attached to an aromatic ring is 1. The molecule has 1 spiro atoms. The van der Waals surface area contributed by atoms with Crippen LogP contribution in [0.15, 0.2) is 36.7 Å². The smallest absolute Gasteiger partial charge is 0.383 e. The SMILES string of the molecule is C[C@@H](NC(=O)N1CCC2(C1)OCCn1nc(-c3cnc(N)c(C(F)(F)F)c3)cc12)c1cc(C#N)ccn1. The van der Waals surface area contributed by atoms with Crippen LogP contribution >= 0.6 is 0 Å². The summed E-state index contributed by atoms with van der Waals surface area (Å²) in [6.07, 6.45) is -1.36. The van der Waals surface area contributed by atoms with Gasteiger partial charge in [-0.3, -0.25) is 9.67 Å². The molecule has 0 aromatic carbocycles. The van der Waals surface area contributed by atoms with Crippen molar-refractivity contribution in [1.82, 2.24) is 30.0 Å². The molecule has 3 aromatic rings. The highest BCUT2D eigenvalue weighted by Gasteiger charge is 2.47. The number of alkyl halides is 3. The van der Waals surface area contributed by atoms with Gasteiger partial charge in [0.05, 0.1) is 60.0 Å². The number of anilines is 1. The summed E-state index contributed by atoms with van der Waals surface area (Å²) < 4.78 is 47.9. The largest absolute Gasteiger partial charge is 0.419 e. The van der Waals surface area contributed by atoms with Crippen LogP contribution in [0.25, 0.3) is 11.3 Å². The van der Waals surface area contributed by atoms with Gasteiger partial charge in [0.1, 0.15) is 11.4 Å². The molecule has 5 heterocycles. The number of likely N-dealkylation sites (tertiary alicyclic amines) is 1. The molecule has 2 aliphatic heterocycles. The van der Waals surface area contributed by atoms with Crippen LogP contribution in [0.3, 0.4) is 0 Å². The molecule has 192 valence electrons. The Morgan fingerprint density at radius 1 is 1.30 bits per heavy atom. The molecule has 5 rings (SSSR count). The molecule has 1 saturated heterocycles. The molecule has 0 saturated carbocycles. The number of urea groups is 1. The van der Waals surface area contributed by atoms with Crippen molar-refractivity contribution in [2.24, 2.45) is 0 Å². The number of pyridine rings is 2. The molecule has 1 unspecified atom stereocenters. The second-order valence-electron chi connectivity index (χ2n) is 9.06. The van der Waals surface area contributed by atoms with E-state index in [-0.39, 0.29) is 18.1 Å². The molecule has 13 heteroatoms. The fraction of sp³-hybridized carbons (Fsp3) is 0.375. The number of rotatable bonds is 3. The van der Waals surface area contributed by atoms with Gasteiger partial charge in [0.25, 0.3) is 0 Å². The van der Waals surface area contributed by atoms with E-state index in [1.165, 1.54) is 12.4 Å². The normalized spacial score (nSPS) is 19.9. The lowest BCUT2D eigenvalue weighted by molar-refractivity contribution is -0.137. The van der Waals surface area contributed by atoms with Crippen molar-refractivity contribution in [2.45, 2.75) is 37.7 Å². The number of carbonyl (C=O) groups is 1. The second-order valence-corrected chi connectivity index (χ2v) is 9.06. The number of hydrogen-bond acceptors (Lipinski definition) is 7. The number of aromatic nitrogens is 4. The molecule has 10 nitrogen and oxygen atoms in total. The van der Waals surface area contributed by atoms with Crippen LogP contribution in [0.4, 0.5) is 23.8 Å². The zero-order chi connectivity index (χ0) is 26.4. The third-order valence-electron chi connectivity index (χ3n) is 6.66. The summed E-state index contributed by atoms with van der Waals surface area (Å²) >= 11 is 0. The van der Waals surface area contributed by atoms with Crippen LogP contribution in [-0.2, 0) is 23.1 Å². The number of nitriles is 1. The van der Waals surface area contributed by atoms with E-state index in [1.54, 1.807) is 34.7 Å². The number of amides is 2. The molecular formula is C24H23F3N8O2. The number of nitrogens with one attached hydrogen (secondary N) is 1. The Balaban J connectivity index is 1.36. The lowest BCUT2D eigenvalue weighted by Gasteiger charge is -2.34. The molecule has 2 aliphatic rings. The topological polar surface area (TPSA) is 135 Å². The summed E-state index contributed by atoms with van der Waals surface area (Å²) in [6, 6.07) is 7.15. The molecule has 3 N–H and O–H groups in total. The minimum absolute atomic E-state index is 0.187. The summed E-state index contributed by atoms with van der Waals surface area (Å²) in [5.41, 5.74) is 5.78. The van der Waals surface area contributed by atoms with E-state index in [4.69, 9.17) is 15.7 Å². The van der Waals surface area contributed by atoms with Gasteiger partial charge in [-0.15, -0.1) is 0 Å². The summed E-state index contributed by atoms with van der Waals surface area (Å²) in [6.45, 7) is 3.21. The molecule has 2 atom stereocenters. The van der Waals surface area contributed by atoms with Gasteiger partial charge in [0, 0.05) is 30.9 Å². The van der Waals surface area contributed by atoms with E-state index in [0.29, 0.717) is 48.8 Å². The van der Waals surface area contributed by atoms with Crippen LogP contribution in [0.2, 0.25) is 0 Å². The Bertz CT molecular complexity index is 1400. The quantitative estimate of drug-likeness (QED) is 0.550. The highest BCUT2D eigenvalue weighted by molar-refractivity contribution is 5.75. The van der Waals surface area contributed by atoms with Crippen LogP contribution in [0.5, 0.6) is 0 Å². The van der Waals surface area contributed by atoms with Gasteiger partial charge in [-0.1, -0.05) is 0 Å². The predicted molar refractivity (Wildman–Crippen MR) is 125 cm³/mol. The number of hydrogen-bond donors (Lipinski definition) is 2. The predicted octanol–water partition coefficient (Wildman–Crippen LogP) is 3.21. The van der Waals surface area contributed by atoms with Gasteiger partial charge in [-0.2, -0.15) is 23.5 Å². The van der Waals surface area contributed by atoms with Crippen molar-refractivity contribution in [3.63, 3.8) is 0 Å². The first-order valence-corrected chi connectivity index (χ1v) is 11.6. The van der Waals surface area contributed by atoms with E-state index in [1.807, 2.05) is 0 Å². The van der Waals surface area contributed by atoms with E-state index >= 15 is 0 Å². The molecule has 0 aliphatic carbocycles. The van der Waals surface area contributed by atoms with Crippen LogP contribution < -0.4 is 11.1 Å². The molecule has 3 aromatic heterocycles. The van der Waals surface area contributed by atoms with Gasteiger partial charge in [0.2, 0.25) is 0 Å². The maximum absolute atomic E-state index is 13.3. The van der Waals surface area contributed by atoms with Gasteiger partial charge in [-0.05, 0) is 31.2 Å². The van der Waals surface area contributed by atoms with Crippen molar-refractivity contribution < 1.29 is 22.7 Å². The molecule has 2 amide bonds. The average Bonchev–Trinajstić information content (AvgIpc) is 3.50. The first kappa shape index (κ1) is 24.5. The van der Waals surface area contributed by atoms with E-state index < -0.39 is 29.2 Å². The van der Waals surface area contributed by atoms with Crippen molar-refractivity contribution in [2.75, 3.05) is 25.4 Å². The van der Waals surface area contributed by atoms with Crippen molar-refractivity contribution in [1.29, 1.82) is 5.26 Å². The van der Waals surface area contributed by atoms with Gasteiger partial charge < -0.3 is 20.7 Å². The highest BCUT2D eigenvalue weighted by Crippen LogP contribution is 2.41. The Morgan fingerprint density at radius 3 is 2.86 bits per heavy atom. The molecule has 0 bridgehead atoms. The number of carbonyl (C=O) groups excluding carboxylic acids is 1. The number of nitrogens with zero attached hydrogens (tertiary/aromatic N) is 6. The van der Waals surface area contributed by atoms with Gasteiger partial charge in [0.15, 0.2) is 0 Å². The maximum atomic E-state index is 13.3. The highest BCUT2D eigenvalue weighted by atomic mass is 19.4. The number of halogens is 3. The summed E-state index contributed by atoms with van der Waals surface area (Å²) in [5.74, 6) is -0.596. The fourth-order valence-corrected chi connectivity index (χ4v) is 4.73. The third-order valence-corrected chi connectivity index (χ3v) is 6.66.